The first-order valence-corrected chi connectivity index (χ1v) is 11.9. The lowest BCUT2D eigenvalue weighted by Gasteiger charge is -2.35. The third-order valence-corrected chi connectivity index (χ3v) is 7.04. The van der Waals surface area contributed by atoms with Gasteiger partial charge in [0.2, 0.25) is 5.76 Å². The largest absolute Gasteiger partial charge is 0.352 e. The van der Waals surface area contributed by atoms with Gasteiger partial charge in [0.05, 0.1) is 11.1 Å². The number of nitrogens with zero attached hydrogens (tertiary/aromatic N) is 5. The number of piperazine rings is 1. The number of carbonyl (C=O) groups is 1. The monoisotopic (exact) mass is 445 g/mol. The second kappa shape index (κ2) is 7.70. The molecule has 1 amide bonds. The van der Waals surface area contributed by atoms with Crippen LogP contribution in [-0.4, -0.2) is 52.1 Å². The van der Waals surface area contributed by atoms with Crippen LogP contribution in [0.4, 0.5) is 5.82 Å². The molecule has 7 nitrogen and oxygen atoms in total. The molecule has 1 aliphatic carbocycles. The van der Waals surface area contributed by atoms with Crippen molar-refractivity contribution in [1.82, 2.24) is 20.0 Å². The molecule has 1 aliphatic heterocycles. The number of hydrogen-bond donors (Lipinski definition) is 0. The van der Waals surface area contributed by atoms with Crippen molar-refractivity contribution in [1.29, 1.82) is 0 Å². The molecule has 1 saturated heterocycles. The van der Waals surface area contributed by atoms with Gasteiger partial charge in [0, 0.05) is 49.1 Å². The number of aromatic nitrogens is 3. The van der Waals surface area contributed by atoms with Crippen LogP contribution in [0.5, 0.6) is 0 Å². The Kier molecular flexibility index (Phi) is 4.68. The molecule has 3 aromatic heterocycles. The first-order chi connectivity index (χ1) is 15.7. The highest BCUT2D eigenvalue weighted by atomic mass is 32.1. The van der Waals surface area contributed by atoms with E-state index in [1.54, 1.807) is 17.4 Å². The van der Waals surface area contributed by atoms with E-state index in [-0.39, 0.29) is 5.91 Å². The summed E-state index contributed by atoms with van der Waals surface area (Å²) in [5.74, 6) is 2.65. The van der Waals surface area contributed by atoms with Gasteiger partial charge in [0.15, 0.2) is 0 Å². The lowest BCUT2D eigenvalue weighted by Crippen LogP contribution is -2.49. The minimum absolute atomic E-state index is 0.0998. The van der Waals surface area contributed by atoms with Crippen molar-refractivity contribution in [2.75, 3.05) is 31.1 Å². The normalized spacial score (nSPS) is 16.7. The minimum Gasteiger partial charge on any atom is -0.352 e. The van der Waals surface area contributed by atoms with E-state index in [9.17, 15) is 4.79 Å². The van der Waals surface area contributed by atoms with Crippen molar-refractivity contribution >= 4 is 33.3 Å². The highest BCUT2D eigenvalue weighted by molar-refractivity contribution is 7.17. The summed E-state index contributed by atoms with van der Waals surface area (Å²) in [6, 6.07) is 12.1. The molecule has 2 aliphatic rings. The number of aryl methyl sites for hydroxylation is 1. The Labute approximate surface area is 189 Å². The first-order valence-electron chi connectivity index (χ1n) is 11.0. The second-order valence-corrected chi connectivity index (χ2v) is 9.35. The highest BCUT2D eigenvalue weighted by Crippen LogP contribution is 2.43. The molecule has 0 spiro atoms. The number of anilines is 1. The van der Waals surface area contributed by atoms with Crippen molar-refractivity contribution in [3.8, 4) is 11.1 Å². The summed E-state index contributed by atoms with van der Waals surface area (Å²) >= 11 is 1.69. The maximum atomic E-state index is 12.8. The van der Waals surface area contributed by atoms with E-state index >= 15 is 0 Å². The molecule has 0 radical (unpaired) electrons. The van der Waals surface area contributed by atoms with Crippen molar-refractivity contribution in [2.24, 2.45) is 0 Å². The number of rotatable bonds is 4. The molecule has 2 fully saturated rings. The van der Waals surface area contributed by atoms with E-state index in [0.29, 0.717) is 30.5 Å². The SMILES string of the molecule is Cc1cc(C(=O)N2CCN(c3nc(C4CC4)nc4scc(-c5ccccc5)c34)CC2)on1. The van der Waals surface area contributed by atoms with E-state index in [1.807, 2.05) is 17.9 Å². The third kappa shape index (κ3) is 3.44. The molecule has 1 saturated carbocycles. The predicted octanol–water partition coefficient (Wildman–Crippen LogP) is 4.49. The standard InChI is InChI=1S/C24H23N5O2S/c1-15-13-19(31-27-15)24(30)29-11-9-28(10-12-29)22-20-18(16-5-3-2-4-6-16)14-32-23(20)26-21(25-22)17-7-8-17/h2-6,13-14,17H,7-12H2,1H3. The van der Waals surface area contributed by atoms with Crippen molar-refractivity contribution in [2.45, 2.75) is 25.7 Å². The van der Waals surface area contributed by atoms with Crippen LogP contribution in [0, 0.1) is 6.92 Å². The number of hydrogen-bond acceptors (Lipinski definition) is 7. The Hall–Kier alpha value is -3.26. The number of fused-ring (bicyclic) bond motifs is 1. The predicted molar refractivity (Wildman–Crippen MR) is 124 cm³/mol. The Bertz CT molecular complexity index is 1290. The van der Waals surface area contributed by atoms with Gasteiger partial charge in [-0.3, -0.25) is 4.79 Å². The van der Waals surface area contributed by atoms with Gasteiger partial charge < -0.3 is 14.3 Å². The van der Waals surface area contributed by atoms with Gasteiger partial charge in [-0.15, -0.1) is 11.3 Å². The fourth-order valence-electron chi connectivity index (χ4n) is 4.26. The van der Waals surface area contributed by atoms with Crippen LogP contribution < -0.4 is 4.90 Å². The summed E-state index contributed by atoms with van der Waals surface area (Å²) in [4.78, 5) is 27.9. The molecule has 32 heavy (non-hydrogen) atoms. The average Bonchev–Trinajstić information content (AvgIpc) is 3.46. The molecule has 1 aromatic carbocycles. The quantitative estimate of drug-likeness (QED) is 0.461. The summed E-state index contributed by atoms with van der Waals surface area (Å²) in [5, 5.41) is 7.16. The fraction of sp³-hybridized carbons (Fsp3) is 0.333. The van der Waals surface area contributed by atoms with Gasteiger partial charge >= 0.3 is 0 Å². The van der Waals surface area contributed by atoms with Gasteiger partial charge in [-0.2, -0.15) is 0 Å². The smallest absolute Gasteiger partial charge is 0.292 e. The summed E-state index contributed by atoms with van der Waals surface area (Å²) in [7, 11) is 0. The molecule has 6 rings (SSSR count). The number of carbonyl (C=O) groups excluding carboxylic acids is 1. The molecule has 8 heteroatoms. The number of benzene rings is 1. The van der Waals surface area contributed by atoms with Gasteiger partial charge in [0.25, 0.3) is 5.91 Å². The Balaban J connectivity index is 1.33. The maximum Gasteiger partial charge on any atom is 0.292 e. The zero-order chi connectivity index (χ0) is 21.7. The molecule has 0 bridgehead atoms. The first kappa shape index (κ1) is 19.4. The van der Waals surface area contributed by atoms with Crippen LogP contribution in [0.2, 0.25) is 0 Å². The topological polar surface area (TPSA) is 75.4 Å². The third-order valence-electron chi connectivity index (χ3n) is 6.16. The molecular weight excluding hydrogens is 422 g/mol. The van der Waals surface area contributed by atoms with Crippen LogP contribution in [0.25, 0.3) is 21.3 Å². The van der Waals surface area contributed by atoms with Crippen molar-refractivity contribution in [3.05, 3.63) is 59.1 Å². The number of amides is 1. The van der Waals surface area contributed by atoms with Crippen LogP contribution in [0.15, 0.2) is 46.3 Å². The summed E-state index contributed by atoms with van der Waals surface area (Å²) in [6.45, 7) is 4.50. The second-order valence-electron chi connectivity index (χ2n) is 8.49. The van der Waals surface area contributed by atoms with Crippen LogP contribution in [0.3, 0.4) is 0 Å². The molecule has 4 heterocycles. The van der Waals surface area contributed by atoms with Gasteiger partial charge in [0.1, 0.15) is 16.5 Å². The van der Waals surface area contributed by atoms with Gasteiger partial charge in [-0.1, -0.05) is 35.5 Å². The van der Waals surface area contributed by atoms with Crippen molar-refractivity contribution in [3.63, 3.8) is 0 Å². The summed E-state index contributed by atoms with van der Waals surface area (Å²) < 4.78 is 5.18. The fourth-order valence-corrected chi connectivity index (χ4v) is 5.21. The van der Waals surface area contributed by atoms with Crippen LogP contribution in [0.1, 0.15) is 40.8 Å². The Morgan fingerprint density at radius 2 is 1.88 bits per heavy atom. The van der Waals surface area contributed by atoms with E-state index in [4.69, 9.17) is 14.5 Å². The van der Waals surface area contributed by atoms with Crippen LogP contribution >= 0.6 is 11.3 Å². The summed E-state index contributed by atoms with van der Waals surface area (Å²) in [5.41, 5.74) is 3.07. The zero-order valence-electron chi connectivity index (χ0n) is 17.8. The number of thiophene rings is 1. The molecule has 0 N–H and O–H groups in total. The van der Waals surface area contributed by atoms with Crippen LogP contribution in [-0.2, 0) is 0 Å². The van der Waals surface area contributed by atoms with E-state index in [0.717, 1.165) is 34.9 Å². The Morgan fingerprint density at radius 3 is 2.56 bits per heavy atom. The van der Waals surface area contributed by atoms with Gasteiger partial charge in [-0.05, 0) is 25.3 Å². The van der Waals surface area contributed by atoms with E-state index < -0.39 is 0 Å². The lowest BCUT2D eigenvalue weighted by molar-refractivity contribution is 0.0704. The van der Waals surface area contributed by atoms with E-state index in [2.05, 4.69) is 39.7 Å². The highest BCUT2D eigenvalue weighted by Gasteiger charge is 2.31. The zero-order valence-corrected chi connectivity index (χ0v) is 18.6. The lowest BCUT2D eigenvalue weighted by atomic mass is 10.1. The molecule has 0 atom stereocenters. The van der Waals surface area contributed by atoms with Crippen molar-refractivity contribution < 1.29 is 9.32 Å². The molecular formula is C24H23N5O2S. The Morgan fingerprint density at radius 1 is 1.09 bits per heavy atom. The minimum atomic E-state index is -0.0998. The summed E-state index contributed by atoms with van der Waals surface area (Å²) in [6.07, 6.45) is 2.33. The molecule has 162 valence electrons. The van der Waals surface area contributed by atoms with Gasteiger partial charge in [-0.25, -0.2) is 9.97 Å². The molecule has 0 unspecified atom stereocenters. The average molecular weight is 446 g/mol. The molecule has 4 aromatic rings. The van der Waals surface area contributed by atoms with E-state index in [1.165, 1.54) is 24.0 Å². The maximum absolute atomic E-state index is 12.8.